The molecule has 21 heavy (non-hydrogen) atoms. The molecule has 0 aliphatic carbocycles. The number of methoxy groups -OCH3 is 1. The summed E-state index contributed by atoms with van der Waals surface area (Å²) in [4.78, 5) is 0. The molecular formula is C15H19Cl2N3O. The molecule has 2 N–H and O–H groups in total. The van der Waals surface area contributed by atoms with Crippen molar-refractivity contribution in [3.05, 3.63) is 45.2 Å². The van der Waals surface area contributed by atoms with E-state index in [-0.39, 0.29) is 6.04 Å². The lowest BCUT2D eigenvalue weighted by atomic mass is 10.0. The fourth-order valence-electron chi connectivity index (χ4n) is 2.38. The van der Waals surface area contributed by atoms with Crippen molar-refractivity contribution in [1.82, 2.24) is 9.78 Å². The molecule has 1 aromatic heterocycles. The van der Waals surface area contributed by atoms with E-state index >= 15 is 0 Å². The Labute approximate surface area is 134 Å². The van der Waals surface area contributed by atoms with Gasteiger partial charge in [0.05, 0.1) is 23.5 Å². The Morgan fingerprint density at radius 2 is 2.10 bits per heavy atom. The first-order chi connectivity index (χ1) is 9.97. The Morgan fingerprint density at radius 1 is 1.38 bits per heavy atom. The van der Waals surface area contributed by atoms with Crippen molar-refractivity contribution >= 4 is 23.2 Å². The van der Waals surface area contributed by atoms with Crippen molar-refractivity contribution in [2.24, 2.45) is 5.73 Å². The SMILES string of the molecule is CCn1nc(C)c(Cl)c1CC(N)c1cc(Cl)ccc1OC. The molecule has 2 rings (SSSR count). The Balaban J connectivity index is 2.34. The summed E-state index contributed by atoms with van der Waals surface area (Å²) in [5, 5.41) is 5.71. The molecule has 1 heterocycles. The molecule has 1 atom stereocenters. The van der Waals surface area contributed by atoms with Crippen LogP contribution in [0.2, 0.25) is 10.0 Å². The van der Waals surface area contributed by atoms with Crippen LogP contribution in [0.4, 0.5) is 0 Å². The third kappa shape index (κ3) is 3.34. The van der Waals surface area contributed by atoms with Crippen molar-refractivity contribution in [3.8, 4) is 5.75 Å². The van der Waals surface area contributed by atoms with Crippen LogP contribution in [0.1, 0.15) is 29.9 Å². The van der Waals surface area contributed by atoms with Gasteiger partial charge in [0.1, 0.15) is 5.75 Å². The topological polar surface area (TPSA) is 53.1 Å². The third-order valence-electron chi connectivity index (χ3n) is 3.46. The number of nitrogens with two attached hydrogens (primary N) is 1. The number of hydrogen-bond donors (Lipinski definition) is 1. The van der Waals surface area contributed by atoms with Gasteiger partial charge in [-0.2, -0.15) is 5.10 Å². The second kappa shape index (κ2) is 6.69. The van der Waals surface area contributed by atoms with Crippen molar-refractivity contribution < 1.29 is 4.74 Å². The van der Waals surface area contributed by atoms with Gasteiger partial charge >= 0.3 is 0 Å². The van der Waals surface area contributed by atoms with Crippen molar-refractivity contribution in [2.45, 2.75) is 32.9 Å². The summed E-state index contributed by atoms with van der Waals surface area (Å²) in [5.41, 5.74) is 8.95. The highest BCUT2D eigenvalue weighted by Crippen LogP contribution is 2.31. The van der Waals surface area contributed by atoms with Crippen LogP contribution in [0.5, 0.6) is 5.75 Å². The minimum absolute atomic E-state index is 0.266. The van der Waals surface area contributed by atoms with Gasteiger partial charge in [-0.3, -0.25) is 4.68 Å². The maximum absolute atomic E-state index is 6.34. The molecular weight excluding hydrogens is 309 g/mol. The van der Waals surface area contributed by atoms with Crippen LogP contribution >= 0.6 is 23.2 Å². The number of ether oxygens (including phenoxy) is 1. The van der Waals surface area contributed by atoms with Gasteiger partial charge in [0.2, 0.25) is 0 Å². The molecule has 0 saturated heterocycles. The lowest BCUT2D eigenvalue weighted by molar-refractivity contribution is 0.405. The lowest BCUT2D eigenvalue weighted by Gasteiger charge is -2.17. The molecule has 0 fully saturated rings. The number of aryl methyl sites for hydroxylation is 2. The molecule has 0 aliphatic rings. The Morgan fingerprint density at radius 3 is 2.71 bits per heavy atom. The standard InChI is InChI=1S/C15H19Cl2N3O/c1-4-20-13(15(17)9(2)19-20)8-12(18)11-7-10(16)5-6-14(11)21-3/h5-7,12H,4,8,18H2,1-3H3. The molecule has 0 radical (unpaired) electrons. The zero-order valence-electron chi connectivity index (χ0n) is 12.4. The molecule has 4 nitrogen and oxygen atoms in total. The van der Waals surface area contributed by atoms with E-state index in [0.29, 0.717) is 16.5 Å². The van der Waals surface area contributed by atoms with Crippen molar-refractivity contribution in [1.29, 1.82) is 0 Å². The summed E-state index contributed by atoms with van der Waals surface area (Å²) in [6.07, 6.45) is 0.574. The zero-order chi connectivity index (χ0) is 15.6. The fraction of sp³-hybridized carbons (Fsp3) is 0.400. The molecule has 0 aliphatic heterocycles. The first-order valence-corrected chi connectivity index (χ1v) is 7.54. The average molecular weight is 328 g/mol. The Hall–Kier alpha value is -1.23. The summed E-state index contributed by atoms with van der Waals surface area (Å²) in [7, 11) is 1.62. The summed E-state index contributed by atoms with van der Waals surface area (Å²) in [5.74, 6) is 0.724. The molecule has 114 valence electrons. The second-order valence-electron chi connectivity index (χ2n) is 4.86. The van der Waals surface area contributed by atoms with E-state index in [1.54, 1.807) is 13.2 Å². The lowest BCUT2D eigenvalue weighted by Crippen LogP contribution is -2.17. The summed E-state index contributed by atoms with van der Waals surface area (Å²) < 4.78 is 7.24. The monoisotopic (exact) mass is 327 g/mol. The Bertz CT molecular complexity index is 640. The van der Waals surface area contributed by atoms with Crippen molar-refractivity contribution in [3.63, 3.8) is 0 Å². The summed E-state index contributed by atoms with van der Waals surface area (Å²) >= 11 is 12.4. The van der Waals surface area contributed by atoms with E-state index < -0.39 is 0 Å². The number of hydrogen-bond acceptors (Lipinski definition) is 3. The van der Waals surface area contributed by atoms with Crippen LogP contribution in [0.3, 0.4) is 0 Å². The molecule has 0 amide bonds. The first kappa shape index (κ1) is 16.1. The van der Waals surface area contributed by atoms with E-state index in [9.17, 15) is 0 Å². The van der Waals surface area contributed by atoms with Crippen LogP contribution in [0, 0.1) is 6.92 Å². The maximum Gasteiger partial charge on any atom is 0.123 e. The van der Waals surface area contributed by atoms with Gasteiger partial charge in [-0.15, -0.1) is 0 Å². The summed E-state index contributed by atoms with van der Waals surface area (Å²) in [6.45, 7) is 4.67. The van der Waals surface area contributed by atoms with Gasteiger partial charge in [0.25, 0.3) is 0 Å². The van der Waals surface area contributed by atoms with Crippen LogP contribution in [-0.2, 0) is 13.0 Å². The third-order valence-corrected chi connectivity index (χ3v) is 4.18. The largest absolute Gasteiger partial charge is 0.496 e. The predicted octanol–water partition coefficient (Wildman–Crippen LogP) is 3.77. The van der Waals surface area contributed by atoms with Crippen LogP contribution in [0.15, 0.2) is 18.2 Å². The second-order valence-corrected chi connectivity index (χ2v) is 5.67. The van der Waals surface area contributed by atoms with Gasteiger partial charge in [-0.1, -0.05) is 23.2 Å². The molecule has 1 aromatic carbocycles. The number of halogens is 2. The number of benzene rings is 1. The molecule has 2 aromatic rings. The highest BCUT2D eigenvalue weighted by molar-refractivity contribution is 6.32. The molecule has 6 heteroatoms. The highest BCUT2D eigenvalue weighted by atomic mass is 35.5. The van der Waals surface area contributed by atoms with Gasteiger partial charge in [-0.05, 0) is 32.0 Å². The van der Waals surface area contributed by atoms with Crippen LogP contribution in [-0.4, -0.2) is 16.9 Å². The van der Waals surface area contributed by atoms with E-state index in [1.807, 2.05) is 30.7 Å². The zero-order valence-corrected chi connectivity index (χ0v) is 13.9. The maximum atomic E-state index is 6.34. The number of nitrogens with zero attached hydrogens (tertiary/aromatic N) is 2. The molecule has 0 bridgehead atoms. The number of rotatable bonds is 5. The van der Waals surface area contributed by atoms with E-state index in [0.717, 1.165) is 29.2 Å². The van der Waals surface area contributed by atoms with E-state index in [4.69, 9.17) is 33.7 Å². The van der Waals surface area contributed by atoms with E-state index in [1.165, 1.54) is 0 Å². The predicted molar refractivity (Wildman–Crippen MR) is 86.3 cm³/mol. The van der Waals surface area contributed by atoms with E-state index in [2.05, 4.69) is 5.10 Å². The number of aromatic nitrogens is 2. The smallest absolute Gasteiger partial charge is 0.123 e. The molecule has 1 unspecified atom stereocenters. The van der Waals surface area contributed by atoms with Crippen LogP contribution < -0.4 is 10.5 Å². The molecule has 0 saturated carbocycles. The highest BCUT2D eigenvalue weighted by Gasteiger charge is 2.19. The van der Waals surface area contributed by atoms with Gasteiger partial charge < -0.3 is 10.5 Å². The first-order valence-electron chi connectivity index (χ1n) is 6.78. The summed E-state index contributed by atoms with van der Waals surface area (Å²) in [6, 6.07) is 5.17. The van der Waals surface area contributed by atoms with Gasteiger partial charge in [-0.25, -0.2) is 0 Å². The minimum Gasteiger partial charge on any atom is -0.496 e. The quantitative estimate of drug-likeness (QED) is 0.909. The average Bonchev–Trinajstić information content (AvgIpc) is 2.74. The normalized spacial score (nSPS) is 12.5. The Kier molecular flexibility index (Phi) is 5.14. The fourth-order valence-corrected chi connectivity index (χ4v) is 2.77. The van der Waals surface area contributed by atoms with Gasteiger partial charge in [0.15, 0.2) is 0 Å². The van der Waals surface area contributed by atoms with Crippen molar-refractivity contribution in [2.75, 3.05) is 7.11 Å². The van der Waals surface area contributed by atoms with Gasteiger partial charge in [0, 0.05) is 29.6 Å². The molecule has 0 spiro atoms. The minimum atomic E-state index is -0.266. The van der Waals surface area contributed by atoms with Crippen LogP contribution in [0.25, 0.3) is 0 Å².